The fraction of sp³-hybridized carbons (Fsp3) is 0.500. The lowest BCUT2D eigenvalue weighted by atomic mass is 9.90. The molecule has 0 radical (unpaired) electrons. The van der Waals surface area contributed by atoms with E-state index in [1.54, 1.807) is 0 Å². The number of nitrogens with zero attached hydrogens (tertiary/aromatic N) is 7. The number of piperazine rings is 1. The Labute approximate surface area is 224 Å². The Hall–Kier alpha value is -3.87. The summed E-state index contributed by atoms with van der Waals surface area (Å²) in [5.74, 6) is -1.95. The largest absolute Gasteiger partial charge is 0.381 e. The zero-order valence-corrected chi connectivity index (χ0v) is 21.5. The van der Waals surface area contributed by atoms with E-state index < -0.39 is 17.5 Å². The third-order valence-electron chi connectivity index (χ3n) is 8.19. The molecule has 0 atom stereocenters. The van der Waals surface area contributed by atoms with Crippen molar-refractivity contribution >= 4 is 34.7 Å². The minimum absolute atomic E-state index is 0.0491. The molecular formula is C26H31F2N9O2. The standard InChI is InChI=1S/C26H31F2N9O2/c27-17-12-31-24-21(23(29)33-37(24)15-17)25(38)32-20-14-30-13-19(28)22(20)35-6-4-16(5-7-35)26(39)36-10-8-34(9-11-36)18-2-1-3-18/h12-16,18H,1-11H2,(H2,29,33)(H,32,38). The number of piperidine rings is 1. The number of rotatable bonds is 5. The first-order valence-corrected chi connectivity index (χ1v) is 13.4. The van der Waals surface area contributed by atoms with Crippen LogP contribution in [0.2, 0.25) is 0 Å². The summed E-state index contributed by atoms with van der Waals surface area (Å²) in [6.07, 6.45) is 9.50. The summed E-state index contributed by atoms with van der Waals surface area (Å²) in [7, 11) is 0. The monoisotopic (exact) mass is 539 g/mol. The maximum Gasteiger partial charge on any atom is 0.263 e. The predicted molar refractivity (Wildman–Crippen MR) is 140 cm³/mol. The normalized spacial score (nSPS) is 19.3. The van der Waals surface area contributed by atoms with E-state index in [1.807, 2.05) is 9.80 Å². The number of pyridine rings is 1. The molecule has 39 heavy (non-hydrogen) atoms. The molecule has 3 aromatic rings. The summed E-state index contributed by atoms with van der Waals surface area (Å²) in [5.41, 5.74) is 6.30. The Balaban J connectivity index is 1.12. The van der Waals surface area contributed by atoms with Gasteiger partial charge in [0.1, 0.15) is 11.3 Å². The second kappa shape index (κ2) is 10.4. The van der Waals surface area contributed by atoms with Crippen LogP contribution in [0.25, 0.3) is 5.65 Å². The van der Waals surface area contributed by atoms with Crippen molar-refractivity contribution < 1.29 is 18.4 Å². The fourth-order valence-electron chi connectivity index (χ4n) is 5.84. The quantitative estimate of drug-likeness (QED) is 0.506. The summed E-state index contributed by atoms with van der Waals surface area (Å²) in [6, 6.07) is 0.694. The SMILES string of the molecule is Nc1nn2cc(F)cnc2c1C(=O)Nc1cncc(F)c1N1CCC(C(=O)N2CCN(C3CCC3)CC2)CC1. The molecule has 2 aliphatic heterocycles. The number of hydrogen-bond donors (Lipinski definition) is 2. The minimum atomic E-state index is -0.665. The maximum atomic E-state index is 15.1. The zero-order chi connectivity index (χ0) is 27.1. The average molecular weight is 540 g/mol. The zero-order valence-electron chi connectivity index (χ0n) is 21.5. The van der Waals surface area contributed by atoms with Crippen LogP contribution in [0, 0.1) is 17.6 Å². The Morgan fingerprint density at radius 2 is 1.72 bits per heavy atom. The van der Waals surface area contributed by atoms with E-state index in [4.69, 9.17) is 5.73 Å². The number of nitrogen functional groups attached to an aromatic ring is 1. The van der Waals surface area contributed by atoms with Crippen LogP contribution in [0.3, 0.4) is 0 Å². The van der Waals surface area contributed by atoms with Crippen LogP contribution in [0.15, 0.2) is 24.8 Å². The molecule has 3 aliphatic rings. The molecule has 0 aromatic carbocycles. The van der Waals surface area contributed by atoms with Gasteiger partial charge in [-0.25, -0.2) is 18.3 Å². The molecule has 11 nitrogen and oxygen atoms in total. The summed E-state index contributed by atoms with van der Waals surface area (Å²) in [5, 5.41) is 6.62. The van der Waals surface area contributed by atoms with Gasteiger partial charge in [-0.05, 0) is 25.7 Å². The van der Waals surface area contributed by atoms with Gasteiger partial charge >= 0.3 is 0 Å². The number of nitrogens with one attached hydrogen (secondary N) is 1. The van der Waals surface area contributed by atoms with E-state index in [0.29, 0.717) is 32.0 Å². The number of fused-ring (bicyclic) bond motifs is 1. The van der Waals surface area contributed by atoms with E-state index >= 15 is 4.39 Å². The first kappa shape index (κ1) is 25.4. The molecule has 2 amide bonds. The van der Waals surface area contributed by atoms with Crippen molar-refractivity contribution in [2.75, 3.05) is 55.2 Å². The summed E-state index contributed by atoms with van der Waals surface area (Å²) < 4.78 is 29.7. The Morgan fingerprint density at radius 3 is 2.41 bits per heavy atom. The Kier molecular flexibility index (Phi) is 6.75. The minimum Gasteiger partial charge on any atom is -0.381 e. The molecule has 3 N–H and O–H groups in total. The van der Waals surface area contributed by atoms with Gasteiger partial charge in [0.05, 0.1) is 30.5 Å². The topological polar surface area (TPSA) is 125 Å². The highest BCUT2D eigenvalue weighted by molar-refractivity contribution is 6.12. The van der Waals surface area contributed by atoms with Gasteiger partial charge in [-0.2, -0.15) is 0 Å². The molecule has 0 spiro atoms. The summed E-state index contributed by atoms with van der Waals surface area (Å²) >= 11 is 0. The number of anilines is 3. The van der Waals surface area contributed by atoms with Gasteiger partial charge in [0, 0.05) is 51.2 Å². The van der Waals surface area contributed by atoms with E-state index in [-0.39, 0.29) is 40.2 Å². The molecule has 13 heteroatoms. The van der Waals surface area contributed by atoms with Gasteiger partial charge in [0.15, 0.2) is 23.1 Å². The van der Waals surface area contributed by atoms with E-state index in [2.05, 4.69) is 25.3 Å². The summed E-state index contributed by atoms with van der Waals surface area (Å²) in [4.78, 5) is 40.5. The fourth-order valence-corrected chi connectivity index (χ4v) is 5.84. The van der Waals surface area contributed by atoms with Crippen LogP contribution in [0.4, 0.5) is 26.0 Å². The lowest BCUT2D eigenvalue weighted by Crippen LogP contribution is -2.55. The lowest BCUT2D eigenvalue weighted by molar-refractivity contribution is -0.138. The molecule has 206 valence electrons. The number of halogens is 2. The van der Waals surface area contributed by atoms with Crippen molar-refractivity contribution in [1.29, 1.82) is 0 Å². The first-order chi connectivity index (χ1) is 18.9. The van der Waals surface area contributed by atoms with Crippen LogP contribution >= 0.6 is 0 Å². The third-order valence-corrected chi connectivity index (χ3v) is 8.19. The van der Waals surface area contributed by atoms with Crippen LogP contribution in [-0.2, 0) is 4.79 Å². The molecule has 1 saturated carbocycles. The van der Waals surface area contributed by atoms with Crippen LogP contribution in [0.1, 0.15) is 42.5 Å². The second-order valence-corrected chi connectivity index (χ2v) is 10.5. The van der Waals surface area contributed by atoms with Gasteiger partial charge in [-0.3, -0.25) is 19.5 Å². The van der Waals surface area contributed by atoms with Gasteiger partial charge in [-0.15, -0.1) is 5.10 Å². The smallest absolute Gasteiger partial charge is 0.263 e. The van der Waals surface area contributed by atoms with Crippen molar-refractivity contribution in [3.63, 3.8) is 0 Å². The Morgan fingerprint density at radius 1 is 0.974 bits per heavy atom. The summed E-state index contributed by atoms with van der Waals surface area (Å²) in [6.45, 7) is 4.31. The van der Waals surface area contributed by atoms with Gasteiger partial charge in [-0.1, -0.05) is 6.42 Å². The van der Waals surface area contributed by atoms with Crippen LogP contribution in [0.5, 0.6) is 0 Å². The molecule has 3 fully saturated rings. The molecular weight excluding hydrogens is 508 g/mol. The number of aromatic nitrogens is 4. The van der Waals surface area contributed by atoms with Gasteiger partial charge < -0.3 is 20.9 Å². The molecule has 2 saturated heterocycles. The molecule has 5 heterocycles. The molecule has 1 aliphatic carbocycles. The van der Waals surface area contributed by atoms with Crippen molar-refractivity contribution in [2.45, 2.75) is 38.1 Å². The van der Waals surface area contributed by atoms with Crippen molar-refractivity contribution in [1.82, 2.24) is 29.4 Å². The van der Waals surface area contributed by atoms with E-state index in [0.717, 1.165) is 49.3 Å². The highest BCUT2D eigenvalue weighted by Crippen LogP contribution is 2.33. The number of amides is 2. The van der Waals surface area contributed by atoms with E-state index in [1.165, 1.54) is 25.5 Å². The Bertz CT molecular complexity index is 1390. The molecule has 6 rings (SSSR count). The predicted octanol–water partition coefficient (Wildman–Crippen LogP) is 2.15. The number of nitrogens with two attached hydrogens (primary N) is 1. The van der Waals surface area contributed by atoms with Crippen LogP contribution in [-0.4, -0.2) is 86.5 Å². The molecule has 0 bridgehead atoms. The number of carbonyl (C=O) groups excluding carboxylic acids is 2. The van der Waals surface area contributed by atoms with Crippen molar-refractivity contribution in [3.05, 3.63) is 42.0 Å². The van der Waals surface area contributed by atoms with Crippen LogP contribution < -0.4 is 16.0 Å². The average Bonchev–Trinajstić information content (AvgIpc) is 3.23. The second-order valence-electron chi connectivity index (χ2n) is 10.5. The number of hydrogen-bond acceptors (Lipinski definition) is 8. The maximum absolute atomic E-state index is 15.1. The lowest BCUT2D eigenvalue weighted by Gasteiger charge is -2.44. The van der Waals surface area contributed by atoms with Gasteiger partial charge in [0.2, 0.25) is 5.91 Å². The number of carbonyl (C=O) groups is 2. The van der Waals surface area contributed by atoms with Crippen molar-refractivity contribution in [3.8, 4) is 0 Å². The third kappa shape index (κ3) is 4.86. The van der Waals surface area contributed by atoms with E-state index in [9.17, 15) is 14.0 Å². The first-order valence-electron chi connectivity index (χ1n) is 13.4. The van der Waals surface area contributed by atoms with Crippen molar-refractivity contribution in [2.24, 2.45) is 5.92 Å². The molecule has 3 aromatic heterocycles. The molecule has 0 unspecified atom stereocenters. The highest BCUT2D eigenvalue weighted by Gasteiger charge is 2.34. The highest BCUT2D eigenvalue weighted by atomic mass is 19.1. The van der Waals surface area contributed by atoms with Gasteiger partial charge in [0.25, 0.3) is 5.91 Å².